The summed E-state index contributed by atoms with van der Waals surface area (Å²) in [5, 5.41) is 6.19. The minimum atomic E-state index is -0.156. The maximum atomic E-state index is 12.5. The van der Waals surface area contributed by atoms with Crippen LogP contribution < -0.4 is 10.6 Å². The molecule has 1 aromatic heterocycles. The van der Waals surface area contributed by atoms with Crippen LogP contribution in [0.5, 0.6) is 0 Å². The van der Waals surface area contributed by atoms with Gasteiger partial charge >= 0.3 is 0 Å². The van der Waals surface area contributed by atoms with Crippen molar-refractivity contribution in [2.45, 2.75) is 13.8 Å². The van der Waals surface area contributed by atoms with Gasteiger partial charge in [0.2, 0.25) is 0 Å². The molecule has 0 atom stereocenters. The van der Waals surface area contributed by atoms with Gasteiger partial charge < -0.3 is 10.6 Å². The third-order valence-electron chi connectivity index (χ3n) is 4.80. The molecule has 4 aromatic rings. The molecule has 0 aliphatic rings. The number of hydrogen-bond donors (Lipinski definition) is 2. The van der Waals surface area contributed by atoms with Crippen molar-refractivity contribution in [1.82, 2.24) is 9.97 Å². The second-order valence-electron chi connectivity index (χ2n) is 7.25. The summed E-state index contributed by atoms with van der Waals surface area (Å²) in [7, 11) is 0. The van der Waals surface area contributed by atoms with E-state index in [1.807, 2.05) is 74.5 Å². The molecule has 31 heavy (non-hydrogen) atoms. The second kappa shape index (κ2) is 9.10. The van der Waals surface area contributed by atoms with Crippen LogP contribution in [-0.2, 0) is 0 Å². The van der Waals surface area contributed by atoms with Crippen LogP contribution in [0.15, 0.2) is 83.5 Å². The van der Waals surface area contributed by atoms with E-state index < -0.39 is 0 Å². The van der Waals surface area contributed by atoms with Gasteiger partial charge in [-0.1, -0.05) is 45.8 Å². The molecule has 2 N–H and O–H groups in total. The highest BCUT2D eigenvalue weighted by Gasteiger charge is 2.08. The molecule has 5 nitrogen and oxygen atoms in total. The van der Waals surface area contributed by atoms with Crippen molar-refractivity contribution in [2.75, 3.05) is 10.6 Å². The predicted molar refractivity (Wildman–Crippen MR) is 129 cm³/mol. The van der Waals surface area contributed by atoms with Crippen molar-refractivity contribution in [3.8, 4) is 11.4 Å². The topological polar surface area (TPSA) is 66.9 Å². The highest BCUT2D eigenvalue weighted by molar-refractivity contribution is 9.10. The Labute approximate surface area is 189 Å². The first-order valence-corrected chi connectivity index (χ1v) is 10.6. The van der Waals surface area contributed by atoms with Gasteiger partial charge in [-0.25, -0.2) is 9.97 Å². The molecular formula is C25H21BrN4O. The molecule has 0 spiro atoms. The van der Waals surface area contributed by atoms with Gasteiger partial charge in [0.15, 0.2) is 5.82 Å². The van der Waals surface area contributed by atoms with Crippen LogP contribution >= 0.6 is 15.9 Å². The van der Waals surface area contributed by atoms with Gasteiger partial charge in [0.1, 0.15) is 5.82 Å². The lowest BCUT2D eigenvalue weighted by molar-refractivity contribution is 0.102. The van der Waals surface area contributed by atoms with Crippen molar-refractivity contribution in [3.63, 3.8) is 0 Å². The second-order valence-corrected chi connectivity index (χ2v) is 8.11. The Morgan fingerprint density at radius 1 is 0.871 bits per heavy atom. The summed E-state index contributed by atoms with van der Waals surface area (Å²) in [6.07, 6.45) is 1.73. The molecule has 0 bridgehead atoms. The summed E-state index contributed by atoms with van der Waals surface area (Å²) in [5.74, 6) is 1.19. The van der Waals surface area contributed by atoms with Crippen LogP contribution in [0.2, 0.25) is 0 Å². The standard InChI is InChI=1S/C25H21BrN4O/c1-16-3-5-18(6-4-16)24-27-14-13-23(30-24)28-20-9-7-19(8-10-20)25(31)29-21-11-12-22(26)17(2)15-21/h3-15H,1-2H3,(H,29,31)(H,27,28,30). The summed E-state index contributed by atoms with van der Waals surface area (Å²) < 4.78 is 1.01. The van der Waals surface area contributed by atoms with Crippen molar-refractivity contribution in [1.29, 1.82) is 0 Å². The van der Waals surface area contributed by atoms with E-state index in [1.165, 1.54) is 5.56 Å². The molecule has 0 unspecified atom stereocenters. The minimum Gasteiger partial charge on any atom is -0.340 e. The van der Waals surface area contributed by atoms with Crippen LogP contribution in [0.3, 0.4) is 0 Å². The van der Waals surface area contributed by atoms with E-state index >= 15 is 0 Å². The smallest absolute Gasteiger partial charge is 0.255 e. The number of aryl methyl sites for hydroxylation is 2. The molecule has 1 heterocycles. The van der Waals surface area contributed by atoms with E-state index in [9.17, 15) is 4.79 Å². The lowest BCUT2D eigenvalue weighted by atomic mass is 10.1. The molecule has 0 aliphatic carbocycles. The largest absolute Gasteiger partial charge is 0.340 e. The van der Waals surface area contributed by atoms with Crippen molar-refractivity contribution in [2.24, 2.45) is 0 Å². The summed E-state index contributed by atoms with van der Waals surface area (Å²) in [4.78, 5) is 21.5. The molecular weight excluding hydrogens is 452 g/mol. The number of amides is 1. The lowest BCUT2D eigenvalue weighted by Gasteiger charge is -2.09. The summed E-state index contributed by atoms with van der Waals surface area (Å²) in [6.45, 7) is 4.03. The van der Waals surface area contributed by atoms with Gasteiger partial charge in [0.25, 0.3) is 5.91 Å². The predicted octanol–water partition coefficient (Wildman–Crippen LogP) is 6.52. The SMILES string of the molecule is Cc1ccc(-c2nccc(Nc3ccc(C(=O)Nc4ccc(Br)c(C)c4)cc3)n2)cc1. The summed E-state index contributed by atoms with van der Waals surface area (Å²) >= 11 is 3.47. The molecule has 4 rings (SSSR count). The number of nitrogens with one attached hydrogen (secondary N) is 2. The lowest BCUT2D eigenvalue weighted by Crippen LogP contribution is -2.11. The van der Waals surface area contributed by atoms with E-state index in [0.29, 0.717) is 17.2 Å². The van der Waals surface area contributed by atoms with Crippen LogP contribution in [0.1, 0.15) is 21.5 Å². The summed E-state index contributed by atoms with van der Waals surface area (Å²) in [5.41, 5.74) is 5.39. The molecule has 3 aromatic carbocycles. The fourth-order valence-electron chi connectivity index (χ4n) is 3.05. The zero-order valence-corrected chi connectivity index (χ0v) is 18.8. The van der Waals surface area contributed by atoms with E-state index in [1.54, 1.807) is 18.3 Å². The van der Waals surface area contributed by atoms with Crippen LogP contribution in [-0.4, -0.2) is 15.9 Å². The van der Waals surface area contributed by atoms with Crippen LogP contribution in [0, 0.1) is 13.8 Å². The Kier molecular flexibility index (Phi) is 6.09. The minimum absolute atomic E-state index is 0.156. The van der Waals surface area contributed by atoms with Gasteiger partial charge in [-0.05, 0) is 67.9 Å². The number of carbonyl (C=O) groups is 1. The summed E-state index contributed by atoms with van der Waals surface area (Å²) in [6, 6.07) is 22.9. The number of aromatic nitrogens is 2. The monoisotopic (exact) mass is 472 g/mol. The average Bonchev–Trinajstić information content (AvgIpc) is 2.77. The highest BCUT2D eigenvalue weighted by Crippen LogP contribution is 2.22. The molecule has 154 valence electrons. The van der Waals surface area contributed by atoms with Gasteiger partial charge in [-0.3, -0.25) is 4.79 Å². The molecule has 0 aliphatic heterocycles. The first-order chi connectivity index (χ1) is 15.0. The Morgan fingerprint density at radius 2 is 1.58 bits per heavy atom. The first kappa shape index (κ1) is 20.8. The third kappa shape index (κ3) is 5.16. The van der Waals surface area contributed by atoms with Gasteiger partial charge in [-0.2, -0.15) is 0 Å². The maximum Gasteiger partial charge on any atom is 0.255 e. The fourth-order valence-corrected chi connectivity index (χ4v) is 3.30. The zero-order valence-electron chi connectivity index (χ0n) is 17.2. The number of anilines is 3. The number of nitrogens with zero attached hydrogens (tertiary/aromatic N) is 2. The zero-order chi connectivity index (χ0) is 21.8. The van der Waals surface area contributed by atoms with Gasteiger partial charge in [-0.15, -0.1) is 0 Å². The Hall–Kier alpha value is -3.51. The van der Waals surface area contributed by atoms with E-state index in [4.69, 9.17) is 0 Å². The number of halogens is 1. The first-order valence-electron chi connectivity index (χ1n) is 9.82. The third-order valence-corrected chi connectivity index (χ3v) is 5.69. The maximum absolute atomic E-state index is 12.5. The average molecular weight is 473 g/mol. The van der Waals surface area contributed by atoms with E-state index in [-0.39, 0.29) is 5.91 Å². The van der Waals surface area contributed by atoms with Crippen LogP contribution in [0.4, 0.5) is 17.2 Å². The molecule has 0 radical (unpaired) electrons. The van der Waals surface area contributed by atoms with E-state index in [2.05, 4.69) is 36.5 Å². The Balaban J connectivity index is 1.45. The fraction of sp³-hybridized carbons (Fsp3) is 0.0800. The molecule has 6 heteroatoms. The van der Waals surface area contributed by atoms with Gasteiger partial charge in [0.05, 0.1) is 0 Å². The number of benzene rings is 3. The quantitative estimate of drug-likeness (QED) is 0.346. The van der Waals surface area contributed by atoms with Crippen molar-refractivity contribution >= 4 is 39.0 Å². The Morgan fingerprint density at radius 3 is 2.29 bits per heavy atom. The number of rotatable bonds is 5. The van der Waals surface area contributed by atoms with Crippen molar-refractivity contribution < 1.29 is 4.79 Å². The van der Waals surface area contributed by atoms with E-state index in [0.717, 1.165) is 27.0 Å². The number of carbonyl (C=O) groups excluding carboxylic acids is 1. The molecule has 0 saturated carbocycles. The van der Waals surface area contributed by atoms with Crippen molar-refractivity contribution in [3.05, 3.63) is 100 Å². The Bertz CT molecular complexity index is 1220. The van der Waals surface area contributed by atoms with Gasteiger partial charge in [0, 0.05) is 33.2 Å². The molecule has 0 saturated heterocycles. The highest BCUT2D eigenvalue weighted by atomic mass is 79.9. The molecule has 0 fully saturated rings. The van der Waals surface area contributed by atoms with Crippen LogP contribution in [0.25, 0.3) is 11.4 Å². The normalized spacial score (nSPS) is 10.5. The molecule has 1 amide bonds. The number of hydrogen-bond acceptors (Lipinski definition) is 4.